The van der Waals surface area contributed by atoms with E-state index in [1.165, 1.54) is 24.3 Å². The molecule has 0 unspecified atom stereocenters. The lowest BCUT2D eigenvalue weighted by Crippen LogP contribution is -2.16. The zero-order valence-electron chi connectivity index (χ0n) is 17.1. The van der Waals surface area contributed by atoms with Crippen LogP contribution in [0.1, 0.15) is 18.3 Å². The average molecular weight is 445 g/mol. The summed E-state index contributed by atoms with van der Waals surface area (Å²) >= 11 is 0. The van der Waals surface area contributed by atoms with Crippen LogP contribution < -0.4 is 9.47 Å². The molecule has 0 aliphatic rings. The molecule has 2 aromatic carbocycles. The van der Waals surface area contributed by atoms with E-state index in [1.54, 1.807) is 11.6 Å². The fourth-order valence-electron chi connectivity index (χ4n) is 2.97. The molecular weight excluding hydrogens is 427 g/mol. The highest BCUT2D eigenvalue weighted by atomic mass is 19.4. The SMILES string of the molecule is CCOc1cccc(Cn2nc(-c3nc(-c4ccc(OC(F)(F)F)cc4)no3)nc2C)c1. The summed E-state index contributed by atoms with van der Waals surface area (Å²) in [6.45, 7) is 4.78. The van der Waals surface area contributed by atoms with Crippen LogP contribution in [-0.2, 0) is 6.54 Å². The van der Waals surface area contributed by atoms with Gasteiger partial charge in [0.05, 0.1) is 13.2 Å². The molecule has 0 aliphatic heterocycles. The predicted octanol–water partition coefficient (Wildman–Crippen LogP) is 4.65. The first-order valence-electron chi connectivity index (χ1n) is 9.64. The van der Waals surface area contributed by atoms with Gasteiger partial charge in [-0.1, -0.05) is 17.3 Å². The highest BCUT2D eigenvalue weighted by Crippen LogP contribution is 2.26. The summed E-state index contributed by atoms with van der Waals surface area (Å²) < 4.78 is 53.2. The van der Waals surface area contributed by atoms with Crippen molar-refractivity contribution in [2.24, 2.45) is 0 Å². The zero-order valence-corrected chi connectivity index (χ0v) is 17.1. The first kappa shape index (κ1) is 21.3. The van der Waals surface area contributed by atoms with Crippen LogP contribution in [-0.4, -0.2) is 37.9 Å². The molecule has 2 heterocycles. The minimum absolute atomic E-state index is 0.0977. The molecule has 0 fully saturated rings. The summed E-state index contributed by atoms with van der Waals surface area (Å²) in [4.78, 5) is 8.63. The molecule has 0 atom stereocenters. The third-order valence-corrected chi connectivity index (χ3v) is 4.36. The standard InChI is InChI=1S/C21H18F3N5O3/c1-3-30-17-6-4-5-14(11-17)12-29-13(2)25-19(27-29)20-26-18(28-32-20)15-7-9-16(10-8-15)31-21(22,23)24/h4-11H,3,12H2,1-2H3. The van der Waals surface area contributed by atoms with E-state index in [9.17, 15) is 13.2 Å². The first-order chi connectivity index (χ1) is 15.3. The number of hydrogen-bond acceptors (Lipinski definition) is 7. The van der Waals surface area contributed by atoms with Gasteiger partial charge in [-0.25, -0.2) is 9.67 Å². The summed E-state index contributed by atoms with van der Waals surface area (Å²) in [6, 6.07) is 12.8. The molecule has 11 heteroatoms. The van der Waals surface area contributed by atoms with Crippen LogP contribution >= 0.6 is 0 Å². The van der Waals surface area contributed by atoms with E-state index in [2.05, 4.69) is 25.0 Å². The summed E-state index contributed by atoms with van der Waals surface area (Å²) in [5.74, 6) is 1.62. The molecular formula is C21H18F3N5O3. The lowest BCUT2D eigenvalue weighted by atomic mass is 10.2. The fourth-order valence-corrected chi connectivity index (χ4v) is 2.97. The molecule has 0 saturated carbocycles. The number of halogens is 3. The Bertz CT molecular complexity index is 1200. The maximum Gasteiger partial charge on any atom is 0.573 e. The van der Waals surface area contributed by atoms with E-state index >= 15 is 0 Å². The molecule has 8 nitrogen and oxygen atoms in total. The van der Waals surface area contributed by atoms with Crippen molar-refractivity contribution >= 4 is 0 Å². The summed E-state index contributed by atoms with van der Waals surface area (Å²) in [7, 11) is 0. The Kier molecular flexibility index (Phi) is 5.80. The summed E-state index contributed by atoms with van der Waals surface area (Å²) in [5, 5.41) is 8.30. The van der Waals surface area contributed by atoms with Crippen molar-refractivity contribution in [1.29, 1.82) is 0 Å². The smallest absolute Gasteiger partial charge is 0.494 e. The number of aromatic nitrogens is 5. The highest BCUT2D eigenvalue weighted by Gasteiger charge is 2.31. The average Bonchev–Trinajstić information content (AvgIpc) is 3.35. The molecule has 0 saturated heterocycles. The van der Waals surface area contributed by atoms with Crippen molar-refractivity contribution in [3.8, 4) is 34.6 Å². The maximum absolute atomic E-state index is 12.3. The number of hydrogen-bond donors (Lipinski definition) is 0. The van der Waals surface area contributed by atoms with Gasteiger partial charge >= 0.3 is 6.36 Å². The zero-order chi connectivity index (χ0) is 22.7. The topological polar surface area (TPSA) is 88.1 Å². The Morgan fingerprint density at radius 3 is 2.50 bits per heavy atom. The van der Waals surface area contributed by atoms with Crippen LogP contribution in [0.3, 0.4) is 0 Å². The van der Waals surface area contributed by atoms with E-state index in [-0.39, 0.29) is 23.3 Å². The van der Waals surface area contributed by atoms with Crippen LogP contribution in [0.5, 0.6) is 11.5 Å². The first-order valence-corrected chi connectivity index (χ1v) is 9.64. The van der Waals surface area contributed by atoms with Gasteiger partial charge in [0.2, 0.25) is 11.6 Å². The van der Waals surface area contributed by atoms with E-state index in [0.29, 0.717) is 24.5 Å². The Balaban J connectivity index is 1.51. The van der Waals surface area contributed by atoms with Crippen molar-refractivity contribution in [2.75, 3.05) is 6.61 Å². The lowest BCUT2D eigenvalue weighted by molar-refractivity contribution is -0.274. The van der Waals surface area contributed by atoms with E-state index in [4.69, 9.17) is 9.26 Å². The van der Waals surface area contributed by atoms with Crippen molar-refractivity contribution in [1.82, 2.24) is 24.9 Å². The molecule has 0 radical (unpaired) electrons. The van der Waals surface area contributed by atoms with Gasteiger partial charge in [0.15, 0.2) is 0 Å². The second kappa shape index (κ2) is 8.69. The summed E-state index contributed by atoms with van der Waals surface area (Å²) in [5.41, 5.74) is 1.45. The van der Waals surface area contributed by atoms with Gasteiger partial charge in [-0.15, -0.1) is 18.3 Å². The maximum atomic E-state index is 12.3. The molecule has 4 rings (SSSR count). The Labute approximate surface area is 180 Å². The minimum atomic E-state index is -4.76. The van der Waals surface area contributed by atoms with E-state index in [1.807, 2.05) is 31.2 Å². The van der Waals surface area contributed by atoms with Gasteiger partial charge in [-0.2, -0.15) is 4.98 Å². The van der Waals surface area contributed by atoms with Gasteiger partial charge < -0.3 is 14.0 Å². The van der Waals surface area contributed by atoms with Gasteiger partial charge in [-0.05, 0) is 55.8 Å². The number of nitrogens with zero attached hydrogens (tertiary/aromatic N) is 5. The molecule has 0 N–H and O–H groups in total. The summed E-state index contributed by atoms with van der Waals surface area (Å²) in [6.07, 6.45) is -4.76. The second-order valence-electron chi connectivity index (χ2n) is 6.72. The number of alkyl halides is 3. The molecule has 32 heavy (non-hydrogen) atoms. The second-order valence-corrected chi connectivity index (χ2v) is 6.72. The van der Waals surface area contributed by atoms with Crippen LogP contribution in [0, 0.1) is 6.92 Å². The lowest BCUT2D eigenvalue weighted by Gasteiger charge is -2.08. The molecule has 0 amide bonds. The molecule has 2 aromatic heterocycles. The van der Waals surface area contributed by atoms with Gasteiger partial charge in [0.1, 0.15) is 17.3 Å². The number of rotatable bonds is 7. The van der Waals surface area contributed by atoms with Gasteiger partial charge in [0.25, 0.3) is 5.89 Å². The number of aryl methyl sites for hydroxylation is 1. The van der Waals surface area contributed by atoms with Crippen molar-refractivity contribution in [3.05, 3.63) is 59.9 Å². The van der Waals surface area contributed by atoms with Crippen LogP contribution in [0.4, 0.5) is 13.2 Å². The van der Waals surface area contributed by atoms with Gasteiger partial charge in [0, 0.05) is 5.56 Å². The number of benzene rings is 2. The quantitative estimate of drug-likeness (QED) is 0.409. The highest BCUT2D eigenvalue weighted by molar-refractivity contribution is 5.57. The van der Waals surface area contributed by atoms with Crippen LogP contribution in [0.25, 0.3) is 23.1 Å². The third kappa shape index (κ3) is 5.05. The predicted molar refractivity (Wildman–Crippen MR) is 107 cm³/mol. The Morgan fingerprint density at radius 2 is 1.78 bits per heavy atom. The van der Waals surface area contributed by atoms with Crippen LogP contribution in [0.2, 0.25) is 0 Å². The molecule has 4 aromatic rings. The number of ether oxygens (including phenoxy) is 2. The largest absolute Gasteiger partial charge is 0.573 e. The molecule has 0 bridgehead atoms. The fraction of sp³-hybridized carbons (Fsp3) is 0.238. The van der Waals surface area contributed by atoms with Crippen molar-refractivity contribution in [3.63, 3.8) is 0 Å². The molecule has 0 spiro atoms. The normalized spacial score (nSPS) is 11.5. The van der Waals surface area contributed by atoms with Gasteiger partial charge in [-0.3, -0.25) is 0 Å². The Morgan fingerprint density at radius 1 is 1.00 bits per heavy atom. The molecule has 0 aliphatic carbocycles. The third-order valence-electron chi connectivity index (χ3n) is 4.36. The van der Waals surface area contributed by atoms with E-state index in [0.717, 1.165) is 11.3 Å². The Hall–Kier alpha value is -3.89. The monoisotopic (exact) mass is 445 g/mol. The van der Waals surface area contributed by atoms with Crippen molar-refractivity contribution in [2.45, 2.75) is 26.8 Å². The van der Waals surface area contributed by atoms with E-state index < -0.39 is 6.36 Å². The minimum Gasteiger partial charge on any atom is -0.494 e. The molecule has 166 valence electrons. The van der Waals surface area contributed by atoms with Crippen LogP contribution in [0.15, 0.2) is 53.1 Å². The van der Waals surface area contributed by atoms with Crippen molar-refractivity contribution < 1.29 is 27.2 Å².